The number of aromatic amines is 1. The first-order valence-electron chi connectivity index (χ1n) is 9.52. The van der Waals surface area contributed by atoms with E-state index in [0.717, 1.165) is 36.4 Å². The summed E-state index contributed by atoms with van der Waals surface area (Å²) in [5, 5.41) is 4.99. The number of hydrogen-bond acceptors (Lipinski definition) is 4. The zero-order chi connectivity index (χ0) is 17.2. The van der Waals surface area contributed by atoms with Crippen LogP contribution in [0.1, 0.15) is 43.0 Å². The zero-order valence-electron chi connectivity index (χ0n) is 15.4. The molecule has 5 heteroatoms. The summed E-state index contributed by atoms with van der Waals surface area (Å²) in [6.07, 6.45) is 6.33. The number of methoxy groups -OCH3 is 2. The van der Waals surface area contributed by atoms with Crippen LogP contribution in [0.15, 0.2) is 12.1 Å². The zero-order valence-corrected chi connectivity index (χ0v) is 15.4. The molecule has 0 bridgehead atoms. The number of ether oxygens (including phenoxy) is 2. The maximum absolute atomic E-state index is 5.50. The quantitative estimate of drug-likeness (QED) is 0.875. The van der Waals surface area contributed by atoms with Crippen molar-refractivity contribution in [2.75, 3.05) is 40.4 Å². The second kappa shape index (κ2) is 7.26. The number of benzene rings is 1. The first-order chi connectivity index (χ1) is 12.3. The Morgan fingerprint density at radius 3 is 2.60 bits per heavy atom. The summed E-state index contributed by atoms with van der Waals surface area (Å²) >= 11 is 0. The molecule has 0 amide bonds. The van der Waals surface area contributed by atoms with Crippen molar-refractivity contribution >= 4 is 10.9 Å². The largest absolute Gasteiger partial charge is 0.493 e. The standard InChI is InChI=1S/C20H29N3O2/c1-24-18-12-15-14-6-8-21-16(7-11-23-9-4-3-5-10-23)20(14)22-17(15)13-19(18)25-2/h12-13,16,21-22H,3-11H2,1-2H3/t16-/m1/s1. The predicted octanol–water partition coefficient (Wildman–Crippen LogP) is 3.25. The van der Waals surface area contributed by atoms with Crippen LogP contribution in [0, 0.1) is 0 Å². The molecule has 2 aromatic rings. The van der Waals surface area contributed by atoms with E-state index in [1.807, 2.05) is 0 Å². The molecule has 0 aliphatic carbocycles. The number of likely N-dealkylation sites (tertiary alicyclic amines) is 1. The van der Waals surface area contributed by atoms with Crippen LogP contribution in [-0.4, -0.2) is 50.3 Å². The molecule has 2 N–H and O–H groups in total. The lowest BCUT2D eigenvalue weighted by atomic mass is 9.97. The van der Waals surface area contributed by atoms with Gasteiger partial charge in [-0.05, 0) is 63.5 Å². The maximum Gasteiger partial charge on any atom is 0.162 e. The van der Waals surface area contributed by atoms with Gasteiger partial charge >= 0.3 is 0 Å². The Morgan fingerprint density at radius 2 is 1.84 bits per heavy atom. The number of nitrogens with zero attached hydrogens (tertiary/aromatic N) is 1. The van der Waals surface area contributed by atoms with Crippen molar-refractivity contribution in [3.05, 3.63) is 23.4 Å². The van der Waals surface area contributed by atoms with E-state index in [4.69, 9.17) is 9.47 Å². The number of rotatable bonds is 5. The van der Waals surface area contributed by atoms with Gasteiger partial charge < -0.3 is 24.7 Å². The third-order valence-electron chi connectivity index (χ3n) is 5.74. The fourth-order valence-electron chi connectivity index (χ4n) is 4.38. The van der Waals surface area contributed by atoms with Crippen molar-refractivity contribution in [3.63, 3.8) is 0 Å². The summed E-state index contributed by atoms with van der Waals surface area (Å²) in [5.74, 6) is 1.59. The van der Waals surface area contributed by atoms with Gasteiger partial charge in [-0.15, -0.1) is 0 Å². The topological polar surface area (TPSA) is 49.5 Å². The Balaban J connectivity index is 1.59. The van der Waals surface area contributed by atoms with Crippen molar-refractivity contribution in [3.8, 4) is 11.5 Å². The van der Waals surface area contributed by atoms with Crippen LogP contribution in [-0.2, 0) is 6.42 Å². The van der Waals surface area contributed by atoms with Crippen molar-refractivity contribution < 1.29 is 9.47 Å². The normalized spacial score (nSPS) is 21.3. The fraction of sp³-hybridized carbons (Fsp3) is 0.600. The van der Waals surface area contributed by atoms with Crippen LogP contribution in [0.3, 0.4) is 0 Å². The average molecular weight is 343 g/mol. The van der Waals surface area contributed by atoms with Crippen molar-refractivity contribution in [1.29, 1.82) is 0 Å². The minimum atomic E-state index is 0.412. The molecule has 0 unspecified atom stereocenters. The molecule has 0 spiro atoms. The van der Waals surface area contributed by atoms with Gasteiger partial charge in [-0.1, -0.05) is 6.42 Å². The van der Waals surface area contributed by atoms with Crippen LogP contribution >= 0.6 is 0 Å². The molecule has 1 atom stereocenters. The SMILES string of the molecule is COc1cc2[nH]c3c(c2cc1OC)CCN[C@@H]3CCN1CCCCC1. The highest BCUT2D eigenvalue weighted by molar-refractivity contribution is 5.88. The van der Waals surface area contributed by atoms with E-state index in [2.05, 4.69) is 27.3 Å². The number of nitrogens with one attached hydrogen (secondary N) is 2. The molecule has 2 aliphatic rings. The molecule has 4 rings (SSSR count). The lowest BCUT2D eigenvalue weighted by Crippen LogP contribution is -2.35. The van der Waals surface area contributed by atoms with Crippen LogP contribution in [0.5, 0.6) is 11.5 Å². The van der Waals surface area contributed by atoms with Crippen LogP contribution in [0.4, 0.5) is 0 Å². The van der Waals surface area contributed by atoms with E-state index in [1.54, 1.807) is 14.2 Å². The third-order valence-corrected chi connectivity index (χ3v) is 5.74. The Bertz CT molecular complexity index is 734. The molecule has 0 radical (unpaired) electrons. The molecule has 5 nitrogen and oxygen atoms in total. The van der Waals surface area contributed by atoms with E-state index in [-0.39, 0.29) is 0 Å². The van der Waals surface area contributed by atoms with E-state index >= 15 is 0 Å². The Hall–Kier alpha value is -1.72. The summed E-state index contributed by atoms with van der Waals surface area (Å²) in [7, 11) is 3.39. The van der Waals surface area contributed by atoms with Crippen molar-refractivity contribution in [1.82, 2.24) is 15.2 Å². The van der Waals surface area contributed by atoms with Gasteiger partial charge in [0.15, 0.2) is 11.5 Å². The molecular weight excluding hydrogens is 314 g/mol. The van der Waals surface area contributed by atoms with Crippen LogP contribution in [0.25, 0.3) is 10.9 Å². The van der Waals surface area contributed by atoms with E-state index in [9.17, 15) is 0 Å². The van der Waals surface area contributed by atoms with Gasteiger partial charge in [-0.25, -0.2) is 0 Å². The Labute approximate surface area is 149 Å². The Kier molecular flexibility index (Phi) is 4.86. The Morgan fingerprint density at radius 1 is 1.08 bits per heavy atom. The summed E-state index contributed by atoms with van der Waals surface area (Å²) in [4.78, 5) is 6.28. The molecule has 0 saturated carbocycles. The molecule has 1 saturated heterocycles. The summed E-state index contributed by atoms with van der Waals surface area (Å²) in [6.45, 7) is 4.75. The molecule has 136 valence electrons. The summed E-state index contributed by atoms with van der Waals surface area (Å²) in [6, 6.07) is 4.60. The van der Waals surface area contributed by atoms with Gasteiger partial charge in [0, 0.05) is 28.7 Å². The number of aromatic nitrogens is 1. The van der Waals surface area contributed by atoms with E-state index in [0.29, 0.717) is 6.04 Å². The van der Waals surface area contributed by atoms with Gasteiger partial charge in [-0.3, -0.25) is 0 Å². The van der Waals surface area contributed by atoms with Gasteiger partial charge in [-0.2, -0.15) is 0 Å². The molecule has 1 fully saturated rings. The van der Waals surface area contributed by atoms with Gasteiger partial charge in [0.25, 0.3) is 0 Å². The fourth-order valence-corrected chi connectivity index (χ4v) is 4.38. The smallest absolute Gasteiger partial charge is 0.162 e. The minimum Gasteiger partial charge on any atom is -0.493 e. The number of fused-ring (bicyclic) bond motifs is 3. The lowest BCUT2D eigenvalue weighted by molar-refractivity contribution is 0.215. The number of piperidine rings is 1. The van der Waals surface area contributed by atoms with Gasteiger partial charge in [0.05, 0.1) is 14.2 Å². The highest BCUT2D eigenvalue weighted by atomic mass is 16.5. The maximum atomic E-state index is 5.50. The van der Waals surface area contributed by atoms with E-state index < -0.39 is 0 Å². The monoisotopic (exact) mass is 343 g/mol. The average Bonchev–Trinajstić information content (AvgIpc) is 3.04. The minimum absolute atomic E-state index is 0.412. The highest BCUT2D eigenvalue weighted by Crippen LogP contribution is 2.38. The highest BCUT2D eigenvalue weighted by Gasteiger charge is 2.25. The first kappa shape index (κ1) is 16.7. The molecule has 2 aliphatic heterocycles. The summed E-state index contributed by atoms with van der Waals surface area (Å²) < 4.78 is 11.0. The number of H-pyrrole nitrogens is 1. The first-order valence-corrected chi connectivity index (χ1v) is 9.52. The van der Waals surface area contributed by atoms with Crippen molar-refractivity contribution in [2.45, 2.75) is 38.1 Å². The van der Waals surface area contributed by atoms with Crippen LogP contribution < -0.4 is 14.8 Å². The van der Waals surface area contributed by atoms with Crippen LogP contribution in [0.2, 0.25) is 0 Å². The molecule has 3 heterocycles. The van der Waals surface area contributed by atoms with Gasteiger partial charge in [0.2, 0.25) is 0 Å². The number of hydrogen-bond donors (Lipinski definition) is 2. The molecular formula is C20H29N3O2. The second-order valence-electron chi connectivity index (χ2n) is 7.22. The third kappa shape index (κ3) is 3.23. The lowest BCUT2D eigenvalue weighted by Gasteiger charge is -2.30. The summed E-state index contributed by atoms with van der Waals surface area (Å²) in [5.41, 5.74) is 3.95. The van der Waals surface area contributed by atoms with E-state index in [1.165, 1.54) is 55.5 Å². The second-order valence-corrected chi connectivity index (χ2v) is 7.22. The molecule has 1 aromatic carbocycles. The predicted molar refractivity (Wildman–Crippen MR) is 101 cm³/mol. The molecule has 25 heavy (non-hydrogen) atoms. The van der Waals surface area contributed by atoms with Gasteiger partial charge in [0.1, 0.15) is 0 Å². The van der Waals surface area contributed by atoms with Crippen molar-refractivity contribution in [2.24, 2.45) is 0 Å². The molecule has 1 aromatic heterocycles.